The first-order valence-corrected chi connectivity index (χ1v) is 7.98. The smallest absolute Gasteiger partial charge is 0.237 e. The van der Waals surface area contributed by atoms with Gasteiger partial charge in [-0.2, -0.15) is 0 Å². The number of rotatable bonds is 6. The minimum atomic E-state index is -0.0454. The molecule has 1 rings (SSSR count). The molecule has 1 heterocycles. The van der Waals surface area contributed by atoms with Gasteiger partial charge in [0.1, 0.15) is 0 Å². The average molecular weight is 284 g/mol. The summed E-state index contributed by atoms with van der Waals surface area (Å²) in [6, 6.07) is -0.0454. The molecule has 1 amide bonds. The van der Waals surface area contributed by atoms with Gasteiger partial charge in [-0.05, 0) is 32.1 Å². The Labute approximate surface area is 124 Å². The fraction of sp³-hybridized carbons (Fsp3) is 0.938. The fourth-order valence-electron chi connectivity index (χ4n) is 2.92. The molecule has 1 fully saturated rings. The van der Waals surface area contributed by atoms with Gasteiger partial charge in [-0.15, -0.1) is 0 Å². The first-order valence-electron chi connectivity index (χ1n) is 7.98. The van der Waals surface area contributed by atoms with E-state index in [0.29, 0.717) is 11.8 Å². The van der Waals surface area contributed by atoms with E-state index in [2.05, 4.69) is 51.8 Å². The number of nitrogens with zero attached hydrogens (tertiary/aromatic N) is 1. The molecule has 118 valence electrons. The van der Waals surface area contributed by atoms with E-state index < -0.39 is 0 Å². The predicted molar refractivity (Wildman–Crippen MR) is 82.7 cm³/mol. The molecule has 0 aromatic heterocycles. The lowest BCUT2D eigenvalue weighted by atomic mass is 9.99. The summed E-state index contributed by atoms with van der Waals surface area (Å²) in [4.78, 5) is 14.8. The van der Waals surface area contributed by atoms with Crippen LogP contribution in [0.2, 0.25) is 0 Å². The van der Waals surface area contributed by atoms with Crippen LogP contribution in [0.15, 0.2) is 0 Å². The lowest BCUT2D eigenvalue weighted by molar-refractivity contribution is -0.135. The van der Waals surface area contributed by atoms with E-state index in [-0.39, 0.29) is 24.2 Å². The highest BCUT2D eigenvalue weighted by Crippen LogP contribution is 2.18. The molecule has 4 nitrogen and oxygen atoms in total. The maximum atomic E-state index is 12.5. The largest absolute Gasteiger partial charge is 0.373 e. The molecule has 20 heavy (non-hydrogen) atoms. The van der Waals surface area contributed by atoms with Gasteiger partial charge in [-0.25, -0.2) is 0 Å². The summed E-state index contributed by atoms with van der Waals surface area (Å²) in [6.45, 7) is 15.2. The van der Waals surface area contributed by atoms with Gasteiger partial charge >= 0.3 is 0 Å². The van der Waals surface area contributed by atoms with Crippen LogP contribution in [0.1, 0.15) is 48.0 Å². The first-order chi connectivity index (χ1) is 9.31. The number of nitrogens with one attached hydrogen (secondary N) is 1. The van der Waals surface area contributed by atoms with Crippen molar-refractivity contribution in [3.63, 3.8) is 0 Å². The molecule has 3 atom stereocenters. The summed E-state index contributed by atoms with van der Waals surface area (Å²) in [5, 5.41) is 3.10. The van der Waals surface area contributed by atoms with Gasteiger partial charge in [-0.1, -0.05) is 27.7 Å². The minimum absolute atomic E-state index is 0.0454. The molecular formula is C16H32N2O2. The Kier molecular flexibility index (Phi) is 6.96. The van der Waals surface area contributed by atoms with Gasteiger partial charge < -0.3 is 10.1 Å². The van der Waals surface area contributed by atoms with Gasteiger partial charge in [0.15, 0.2) is 0 Å². The molecule has 0 aromatic rings. The van der Waals surface area contributed by atoms with Gasteiger partial charge in [0.2, 0.25) is 5.91 Å². The molecule has 1 N–H and O–H groups in total. The van der Waals surface area contributed by atoms with Crippen molar-refractivity contribution in [1.29, 1.82) is 0 Å². The lowest BCUT2D eigenvalue weighted by Crippen LogP contribution is -2.57. The van der Waals surface area contributed by atoms with Crippen LogP contribution >= 0.6 is 0 Å². The van der Waals surface area contributed by atoms with E-state index in [9.17, 15) is 4.79 Å². The molecule has 0 aliphatic carbocycles. The number of amides is 1. The van der Waals surface area contributed by atoms with Gasteiger partial charge in [0, 0.05) is 19.6 Å². The number of carbonyl (C=O) groups excluding carboxylic acids is 1. The van der Waals surface area contributed by atoms with Crippen molar-refractivity contribution in [3.05, 3.63) is 0 Å². The molecule has 0 saturated carbocycles. The molecule has 0 spiro atoms. The van der Waals surface area contributed by atoms with E-state index in [1.54, 1.807) is 0 Å². The van der Waals surface area contributed by atoms with Crippen molar-refractivity contribution in [1.82, 2.24) is 10.2 Å². The highest BCUT2D eigenvalue weighted by molar-refractivity contribution is 5.82. The molecule has 1 saturated heterocycles. The van der Waals surface area contributed by atoms with E-state index in [1.165, 1.54) is 0 Å². The number of hydrogen-bond donors (Lipinski definition) is 1. The van der Waals surface area contributed by atoms with Gasteiger partial charge in [0.05, 0.1) is 18.2 Å². The average Bonchev–Trinajstić information content (AvgIpc) is 2.26. The summed E-state index contributed by atoms with van der Waals surface area (Å²) in [6.07, 6.45) is 1.43. The summed E-state index contributed by atoms with van der Waals surface area (Å²) < 4.78 is 5.77. The van der Waals surface area contributed by atoms with Crippen LogP contribution in [-0.2, 0) is 9.53 Å². The summed E-state index contributed by atoms with van der Waals surface area (Å²) in [5.74, 6) is 1.10. The third kappa shape index (κ3) is 5.41. The zero-order valence-corrected chi connectivity index (χ0v) is 14.0. The van der Waals surface area contributed by atoms with Crippen LogP contribution in [0.4, 0.5) is 0 Å². The Hall–Kier alpha value is -0.610. The SMILES string of the molecule is CC(C)CCNC(=O)C(C(C)C)N1CC(C)OC(C)C1. The quantitative estimate of drug-likeness (QED) is 0.813. The van der Waals surface area contributed by atoms with Crippen molar-refractivity contribution < 1.29 is 9.53 Å². The van der Waals surface area contributed by atoms with Crippen molar-refractivity contribution >= 4 is 5.91 Å². The molecule has 0 bridgehead atoms. The van der Waals surface area contributed by atoms with Gasteiger partial charge in [0.25, 0.3) is 0 Å². The lowest BCUT2D eigenvalue weighted by Gasteiger charge is -2.41. The van der Waals surface area contributed by atoms with Crippen LogP contribution in [0.5, 0.6) is 0 Å². The second-order valence-corrected chi connectivity index (χ2v) is 6.87. The van der Waals surface area contributed by atoms with E-state index in [1.807, 2.05) is 0 Å². The van der Waals surface area contributed by atoms with Crippen molar-refractivity contribution in [2.75, 3.05) is 19.6 Å². The molecule has 0 aromatic carbocycles. The number of ether oxygens (including phenoxy) is 1. The van der Waals surface area contributed by atoms with Crippen molar-refractivity contribution in [2.24, 2.45) is 11.8 Å². The monoisotopic (exact) mass is 284 g/mol. The standard InChI is InChI=1S/C16H32N2O2/c1-11(2)7-8-17-16(19)15(12(3)4)18-9-13(5)20-14(6)10-18/h11-15H,7-10H2,1-6H3,(H,17,19). The van der Waals surface area contributed by atoms with Crippen LogP contribution in [0.3, 0.4) is 0 Å². The highest BCUT2D eigenvalue weighted by Gasteiger charge is 2.33. The van der Waals surface area contributed by atoms with Crippen LogP contribution in [0.25, 0.3) is 0 Å². The molecule has 0 radical (unpaired) electrons. The third-order valence-electron chi connectivity index (χ3n) is 3.76. The fourth-order valence-corrected chi connectivity index (χ4v) is 2.92. The van der Waals surface area contributed by atoms with Crippen LogP contribution in [-0.4, -0.2) is 48.7 Å². The predicted octanol–water partition coefficient (Wildman–Crippen LogP) is 2.28. The van der Waals surface area contributed by atoms with Crippen molar-refractivity contribution in [2.45, 2.75) is 66.2 Å². The zero-order chi connectivity index (χ0) is 15.3. The number of carbonyl (C=O) groups is 1. The molecular weight excluding hydrogens is 252 g/mol. The number of hydrogen-bond acceptors (Lipinski definition) is 3. The molecule has 1 aliphatic rings. The summed E-state index contributed by atoms with van der Waals surface area (Å²) >= 11 is 0. The Morgan fingerprint density at radius 3 is 2.20 bits per heavy atom. The summed E-state index contributed by atoms with van der Waals surface area (Å²) in [5.41, 5.74) is 0. The van der Waals surface area contributed by atoms with E-state index >= 15 is 0 Å². The van der Waals surface area contributed by atoms with Crippen LogP contribution < -0.4 is 5.32 Å². The van der Waals surface area contributed by atoms with E-state index in [0.717, 1.165) is 26.1 Å². The zero-order valence-electron chi connectivity index (χ0n) is 14.0. The Bertz CT molecular complexity index is 295. The van der Waals surface area contributed by atoms with Crippen LogP contribution in [0, 0.1) is 11.8 Å². The second-order valence-electron chi connectivity index (χ2n) is 6.87. The molecule has 3 unspecified atom stereocenters. The number of morpholine rings is 1. The van der Waals surface area contributed by atoms with Crippen molar-refractivity contribution in [3.8, 4) is 0 Å². The maximum Gasteiger partial charge on any atom is 0.237 e. The first kappa shape index (κ1) is 17.4. The van der Waals surface area contributed by atoms with E-state index in [4.69, 9.17) is 4.74 Å². The maximum absolute atomic E-state index is 12.5. The summed E-state index contributed by atoms with van der Waals surface area (Å²) in [7, 11) is 0. The topological polar surface area (TPSA) is 41.6 Å². The Morgan fingerprint density at radius 2 is 1.75 bits per heavy atom. The minimum Gasteiger partial charge on any atom is -0.373 e. The van der Waals surface area contributed by atoms with Gasteiger partial charge in [-0.3, -0.25) is 9.69 Å². The highest BCUT2D eigenvalue weighted by atomic mass is 16.5. The molecule has 4 heteroatoms. The molecule has 1 aliphatic heterocycles. The second kappa shape index (κ2) is 7.99. The Balaban J connectivity index is 2.60. The Morgan fingerprint density at radius 1 is 1.20 bits per heavy atom. The third-order valence-corrected chi connectivity index (χ3v) is 3.76. The normalized spacial score (nSPS) is 26.0.